The molecule has 0 spiro atoms. The molecule has 0 aromatic heterocycles. The number of anilines is 3. The van der Waals surface area contributed by atoms with E-state index in [0.717, 1.165) is 23.3 Å². The Balaban J connectivity index is 1.44. The lowest BCUT2D eigenvalue weighted by atomic mass is 10.0. The Labute approximate surface area is 245 Å². The molecule has 0 aliphatic rings. The van der Waals surface area contributed by atoms with Gasteiger partial charge in [-0.15, -0.1) is 0 Å². The average molecular weight is 598 g/mol. The summed E-state index contributed by atoms with van der Waals surface area (Å²) in [6.07, 6.45) is -4.52. The monoisotopic (exact) mass is 597 g/mol. The van der Waals surface area contributed by atoms with Gasteiger partial charge in [-0.2, -0.15) is 13.2 Å². The third-order valence-corrected chi connectivity index (χ3v) is 6.67. The van der Waals surface area contributed by atoms with E-state index in [1.54, 1.807) is 48.5 Å². The second kappa shape index (κ2) is 12.8. The van der Waals surface area contributed by atoms with Gasteiger partial charge in [-0.3, -0.25) is 0 Å². The van der Waals surface area contributed by atoms with Crippen LogP contribution in [0.5, 0.6) is 23.0 Å². The predicted molar refractivity (Wildman–Crippen MR) is 159 cm³/mol. The van der Waals surface area contributed by atoms with E-state index in [1.165, 1.54) is 26.4 Å². The molecular weight excluding hydrogens is 571 g/mol. The van der Waals surface area contributed by atoms with Gasteiger partial charge in [0.15, 0.2) is 11.5 Å². The summed E-state index contributed by atoms with van der Waals surface area (Å²) in [7, 11) is 3.06. The number of methoxy groups -OCH3 is 2. The van der Waals surface area contributed by atoms with Crippen molar-refractivity contribution in [1.29, 1.82) is 0 Å². The number of nitrogen functional groups attached to an aromatic ring is 1. The smallest absolute Gasteiger partial charge is 0.416 e. The van der Waals surface area contributed by atoms with E-state index in [9.17, 15) is 18.0 Å². The minimum Gasteiger partial charge on any atom is -0.493 e. The number of alkyl halides is 3. The second-order valence-electron chi connectivity index (χ2n) is 9.05. The molecule has 0 saturated carbocycles. The lowest BCUT2D eigenvalue weighted by Gasteiger charge is -2.14. The number of rotatable bonds is 8. The highest BCUT2D eigenvalue weighted by atomic mass is 35.5. The molecule has 42 heavy (non-hydrogen) atoms. The number of nitrogens with two attached hydrogens (primary N) is 1. The summed E-state index contributed by atoms with van der Waals surface area (Å²) in [5.74, 6) is 1.96. The van der Waals surface area contributed by atoms with Gasteiger partial charge in [0.25, 0.3) is 0 Å². The van der Waals surface area contributed by atoms with Gasteiger partial charge in [-0.05, 0) is 66.6 Å². The fraction of sp³-hybridized carbons (Fsp3) is 0.129. The van der Waals surface area contributed by atoms with Gasteiger partial charge >= 0.3 is 12.2 Å². The predicted octanol–water partition coefficient (Wildman–Crippen LogP) is 8.87. The summed E-state index contributed by atoms with van der Waals surface area (Å²) in [5, 5.41) is 5.43. The van der Waals surface area contributed by atoms with E-state index in [0.29, 0.717) is 45.0 Å². The molecule has 0 fully saturated rings. The number of carbonyl (C=O) groups excluding carboxylic acids is 1. The Morgan fingerprint density at radius 1 is 0.810 bits per heavy atom. The molecule has 2 amide bonds. The molecule has 4 N–H and O–H groups in total. The van der Waals surface area contributed by atoms with Crippen molar-refractivity contribution in [2.45, 2.75) is 13.1 Å². The third kappa shape index (κ3) is 7.27. The summed E-state index contributed by atoms with van der Waals surface area (Å²) < 4.78 is 55.4. The van der Waals surface area contributed by atoms with E-state index in [4.69, 9.17) is 31.5 Å². The molecule has 0 heterocycles. The third-order valence-electron chi connectivity index (χ3n) is 6.18. The van der Waals surface area contributed by atoms with E-state index >= 15 is 0 Å². The molecule has 11 heteroatoms. The minimum atomic E-state index is -4.52. The number of amides is 2. The van der Waals surface area contributed by atoms with Gasteiger partial charge in [0.05, 0.1) is 24.8 Å². The highest BCUT2D eigenvalue weighted by Gasteiger charge is 2.30. The van der Waals surface area contributed by atoms with Crippen molar-refractivity contribution < 1.29 is 32.2 Å². The molecule has 0 aliphatic carbocycles. The van der Waals surface area contributed by atoms with Crippen molar-refractivity contribution in [2.24, 2.45) is 0 Å². The van der Waals surface area contributed by atoms with Crippen molar-refractivity contribution >= 4 is 45.3 Å². The summed E-state index contributed by atoms with van der Waals surface area (Å²) >= 11 is 6.71. The first-order valence-corrected chi connectivity index (χ1v) is 12.9. The van der Waals surface area contributed by atoms with Gasteiger partial charge in [0.2, 0.25) is 0 Å². The van der Waals surface area contributed by atoms with Crippen molar-refractivity contribution in [2.75, 3.05) is 30.6 Å². The molecule has 4 aromatic carbocycles. The SMILES string of the molecule is COc1cc(N)c(/C(Cl)=C(\C)c2ccc(Oc3cccc(NC(=O)Nc4cccc(C(F)(F)F)c4)c3)cc2)cc1OC. The number of halogens is 4. The van der Waals surface area contributed by atoms with Gasteiger partial charge in [0, 0.05) is 34.8 Å². The molecular formula is C31H27ClF3N3O4. The normalized spacial score (nSPS) is 11.8. The number of allylic oxidation sites excluding steroid dienone is 1. The minimum absolute atomic E-state index is 0.00748. The van der Waals surface area contributed by atoms with Gasteiger partial charge in [0.1, 0.15) is 11.5 Å². The van der Waals surface area contributed by atoms with Crippen molar-refractivity contribution in [3.05, 3.63) is 102 Å². The molecule has 4 rings (SSSR count). The van der Waals surface area contributed by atoms with Crippen molar-refractivity contribution in [3.63, 3.8) is 0 Å². The number of hydrogen-bond donors (Lipinski definition) is 3. The van der Waals surface area contributed by atoms with Crippen molar-refractivity contribution in [1.82, 2.24) is 0 Å². The van der Waals surface area contributed by atoms with Crippen molar-refractivity contribution in [3.8, 4) is 23.0 Å². The number of urea groups is 1. The van der Waals surface area contributed by atoms with Crippen LogP contribution in [-0.2, 0) is 6.18 Å². The topological polar surface area (TPSA) is 94.8 Å². The molecule has 0 saturated heterocycles. The summed E-state index contributed by atoms with van der Waals surface area (Å²) in [5.41, 5.74) is 8.39. The lowest BCUT2D eigenvalue weighted by Crippen LogP contribution is -2.19. The number of benzene rings is 4. The Kier molecular flexibility index (Phi) is 9.17. The van der Waals surface area contributed by atoms with Gasteiger partial charge in [-0.1, -0.05) is 35.9 Å². The van der Waals surface area contributed by atoms with Crippen LogP contribution < -0.4 is 30.6 Å². The van der Waals surface area contributed by atoms with E-state index in [1.807, 2.05) is 19.1 Å². The van der Waals surface area contributed by atoms with Crippen LogP contribution in [-0.4, -0.2) is 20.3 Å². The molecule has 218 valence electrons. The first-order valence-electron chi connectivity index (χ1n) is 12.5. The van der Waals surface area contributed by atoms with Crippen LogP contribution in [0.2, 0.25) is 0 Å². The summed E-state index contributed by atoms with van der Waals surface area (Å²) in [6.45, 7) is 1.87. The quantitative estimate of drug-likeness (QED) is 0.139. The molecule has 4 aromatic rings. The van der Waals surface area contributed by atoms with E-state index < -0.39 is 17.8 Å². The maximum Gasteiger partial charge on any atom is 0.416 e. The zero-order valence-corrected chi connectivity index (χ0v) is 23.6. The Morgan fingerprint density at radius 3 is 2.02 bits per heavy atom. The number of hydrogen-bond acceptors (Lipinski definition) is 5. The highest BCUT2D eigenvalue weighted by Crippen LogP contribution is 2.39. The summed E-state index contributed by atoms with van der Waals surface area (Å²) in [4.78, 5) is 12.4. The second-order valence-corrected chi connectivity index (χ2v) is 9.42. The van der Waals surface area contributed by atoms with E-state index in [2.05, 4.69) is 10.6 Å². The molecule has 0 radical (unpaired) electrons. The largest absolute Gasteiger partial charge is 0.493 e. The van der Waals surface area contributed by atoms with E-state index in [-0.39, 0.29) is 5.69 Å². The maximum atomic E-state index is 12.9. The average Bonchev–Trinajstić information content (AvgIpc) is 2.96. The molecule has 0 aliphatic heterocycles. The van der Waals surface area contributed by atoms with Crippen LogP contribution in [0.25, 0.3) is 10.6 Å². The zero-order chi connectivity index (χ0) is 30.4. The van der Waals surface area contributed by atoms with Crippen LogP contribution >= 0.6 is 11.6 Å². The molecule has 0 atom stereocenters. The summed E-state index contributed by atoms with van der Waals surface area (Å²) in [6, 6.07) is 20.8. The number of ether oxygens (including phenoxy) is 3. The van der Waals surface area contributed by atoms with Crippen LogP contribution in [0.3, 0.4) is 0 Å². The van der Waals surface area contributed by atoms with Gasteiger partial charge < -0.3 is 30.6 Å². The Hall–Kier alpha value is -4.83. The molecule has 0 bridgehead atoms. The van der Waals surface area contributed by atoms with Crippen LogP contribution in [0.1, 0.15) is 23.6 Å². The first kappa shape index (κ1) is 30.1. The first-order chi connectivity index (χ1) is 20.0. The lowest BCUT2D eigenvalue weighted by molar-refractivity contribution is -0.137. The van der Waals surface area contributed by atoms with Crippen LogP contribution in [0.4, 0.5) is 35.0 Å². The Morgan fingerprint density at radius 2 is 1.40 bits per heavy atom. The fourth-order valence-corrected chi connectivity index (χ4v) is 4.30. The zero-order valence-electron chi connectivity index (χ0n) is 22.8. The maximum absolute atomic E-state index is 12.9. The standard InChI is InChI=1S/C31H27ClF3N3O4/c1-18(29(32)25-16-27(40-2)28(41-3)17-26(25)36)19-10-12-23(13-11-19)42-24-9-5-8-22(15-24)38-30(39)37-21-7-4-6-20(14-21)31(33,34)35/h4-17H,36H2,1-3H3,(H2,37,38,39)/b29-18-. The van der Waals surface area contributed by atoms with Crippen LogP contribution in [0.15, 0.2) is 84.9 Å². The van der Waals surface area contributed by atoms with Crippen LogP contribution in [0, 0.1) is 0 Å². The highest BCUT2D eigenvalue weighted by molar-refractivity contribution is 6.53. The Bertz CT molecular complexity index is 1620. The number of carbonyl (C=O) groups is 1. The number of nitrogens with one attached hydrogen (secondary N) is 2. The molecule has 0 unspecified atom stereocenters. The molecule has 7 nitrogen and oxygen atoms in total. The van der Waals surface area contributed by atoms with Gasteiger partial charge in [-0.25, -0.2) is 4.79 Å². The fourth-order valence-electron chi connectivity index (χ4n) is 4.03.